The number of imidazole rings is 1. The summed E-state index contributed by atoms with van der Waals surface area (Å²) in [5, 5.41) is 0. The third-order valence-electron chi connectivity index (χ3n) is 4.54. The maximum absolute atomic E-state index is 5.95. The van der Waals surface area contributed by atoms with Gasteiger partial charge in [0.25, 0.3) is 0 Å². The van der Waals surface area contributed by atoms with E-state index in [1.807, 2.05) is 36.4 Å². The van der Waals surface area contributed by atoms with E-state index in [0.717, 1.165) is 35.8 Å². The third-order valence-corrected chi connectivity index (χ3v) is 4.54. The second-order valence-corrected chi connectivity index (χ2v) is 6.52. The number of hydrogen-bond donors (Lipinski definition) is 0. The number of aryl methyl sites for hydroxylation is 2. The molecule has 3 heteroatoms. The van der Waals surface area contributed by atoms with Gasteiger partial charge in [0, 0.05) is 13.0 Å². The van der Waals surface area contributed by atoms with Crippen molar-refractivity contribution >= 4 is 11.0 Å². The topological polar surface area (TPSA) is 27.1 Å². The normalized spacial score (nSPS) is 11.0. The Balaban J connectivity index is 1.56. The van der Waals surface area contributed by atoms with Crippen LogP contribution in [-0.4, -0.2) is 9.55 Å². The summed E-state index contributed by atoms with van der Waals surface area (Å²) in [4.78, 5) is 4.75. The van der Waals surface area contributed by atoms with E-state index in [1.165, 1.54) is 16.6 Å². The van der Waals surface area contributed by atoms with Gasteiger partial charge in [0.15, 0.2) is 0 Å². The Hall–Kier alpha value is -3.07. The fraction of sp³-hybridized carbons (Fsp3) is 0.174. The van der Waals surface area contributed by atoms with Crippen molar-refractivity contribution in [3.05, 3.63) is 89.7 Å². The molecule has 3 aromatic carbocycles. The van der Waals surface area contributed by atoms with Crippen molar-refractivity contribution in [2.45, 2.75) is 26.8 Å². The van der Waals surface area contributed by atoms with Gasteiger partial charge in [-0.15, -0.1) is 0 Å². The molecule has 0 amide bonds. The molecule has 130 valence electrons. The van der Waals surface area contributed by atoms with Crippen molar-refractivity contribution in [1.82, 2.24) is 9.55 Å². The first-order valence-electron chi connectivity index (χ1n) is 9.00. The van der Waals surface area contributed by atoms with Crippen LogP contribution in [0.3, 0.4) is 0 Å². The van der Waals surface area contributed by atoms with Gasteiger partial charge in [-0.05, 0) is 54.4 Å². The predicted octanol–water partition coefficient (Wildman–Crippen LogP) is 5.75. The van der Waals surface area contributed by atoms with Crippen molar-refractivity contribution in [3.63, 3.8) is 0 Å². The predicted molar refractivity (Wildman–Crippen MR) is 106 cm³/mol. The van der Waals surface area contributed by atoms with Crippen LogP contribution in [0.5, 0.6) is 11.5 Å². The molecule has 1 heterocycles. The minimum absolute atomic E-state index is 0.814. The van der Waals surface area contributed by atoms with Crippen LogP contribution in [0.2, 0.25) is 0 Å². The van der Waals surface area contributed by atoms with Crippen LogP contribution in [0.15, 0.2) is 72.8 Å². The Kier molecular flexibility index (Phi) is 4.44. The van der Waals surface area contributed by atoms with Gasteiger partial charge in [-0.25, -0.2) is 4.98 Å². The van der Waals surface area contributed by atoms with Crippen LogP contribution in [0.4, 0.5) is 0 Å². The molecule has 4 rings (SSSR count). The van der Waals surface area contributed by atoms with Crippen molar-refractivity contribution in [3.8, 4) is 11.5 Å². The zero-order chi connectivity index (χ0) is 17.9. The van der Waals surface area contributed by atoms with Gasteiger partial charge in [0.05, 0.1) is 11.0 Å². The quantitative estimate of drug-likeness (QED) is 0.462. The third kappa shape index (κ3) is 3.33. The molecule has 0 unspecified atom stereocenters. The summed E-state index contributed by atoms with van der Waals surface area (Å²) in [6, 6.07) is 24.7. The second-order valence-electron chi connectivity index (χ2n) is 6.52. The van der Waals surface area contributed by atoms with Crippen LogP contribution < -0.4 is 4.74 Å². The Labute approximate surface area is 153 Å². The molecule has 4 aromatic rings. The average molecular weight is 342 g/mol. The van der Waals surface area contributed by atoms with Crippen molar-refractivity contribution < 1.29 is 4.74 Å². The highest BCUT2D eigenvalue weighted by Gasteiger charge is 2.09. The molecule has 26 heavy (non-hydrogen) atoms. The molecular weight excluding hydrogens is 320 g/mol. The van der Waals surface area contributed by atoms with Crippen LogP contribution >= 0.6 is 0 Å². The molecule has 0 bridgehead atoms. The number of para-hydroxylation sites is 2. The molecule has 0 atom stereocenters. The summed E-state index contributed by atoms with van der Waals surface area (Å²) in [5.41, 5.74) is 4.67. The molecule has 0 aliphatic heterocycles. The van der Waals surface area contributed by atoms with Crippen LogP contribution in [-0.2, 0) is 13.0 Å². The second kappa shape index (κ2) is 7.04. The summed E-state index contributed by atoms with van der Waals surface area (Å²) in [6.07, 6.45) is 0.920. The van der Waals surface area contributed by atoms with Crippen molar-refractivity contribution in [2.75, 3.05) is 0 Å². The molecule has 0 aliphatic carbocycles. The highest BCUT2D eigenvalue weighted by molar-refractivity contribution is 5.76. The van der Waals surface area contributed by atoms with E-state index >= 15 is 0 Å². The molecule has 0 saturated heterocycles. The first-order valence-corrected chi connectivity index (χ1v) is 9.00. The largest absolute Gasteiger partial charge is 0.457 e. The number of rotatable bonds is 5. The average Bonchev–Trinajstić information content (AvgIpc) is 3.01. The van der Waals surface area contributed by atoms with E-state index in [-0.39, 0.29) is 0 Å². The number of hydrogen-bond acceptors (Lipinski definition) is 2. The van der Waals surface area contributed by atoms with Crippen molar-refractivity contribution in [1.29, 1.82) is 0 Å². The lowest BCUT2D eigenvalue weighted by Gasteiger charge is -2.10. The number of benzene rings is 3. The number of ether oxygens (including phenoxy) is 1. The Bertz CT molecular complexity index is 1030. The standard InChI is InChI=1S/C23H22N2O/c1-3-23-24-21-9-4-5-10-22(21)25(23)16-18-11-13-19(14-12-18)26-20-8-6-7-17(2)15-20/h4-15H,3,16H2,1-2H3. The Morgan fingerprint density at radius 2 is 1.69 bits per heavy atom. The van der Waals surface area contributed by atoms with Gasteiger partial charge in [-0.3, -0.25) is 0 Å². The molecule has 0 N–H and O–H groups in total. The number of aromatic nitrogens is 2. The van der Waals surface area contributed by atoms with E-state index in [0.29, 0.717) is 0 Å². The molecule has 0 saturated carbocycles. The molecule has 0 aliphatic rings. The molecule has 0 spiro atoms. The minimum atomic E-state index is 0.814. The van der Waals surface area contributed by atoms with Crippen molar-refractivity contribution in [2.24, 2.45) is 0 Å². The lowest BCUT2D eigenvalue weighted by atomic mass is 10.2. The molecular formula is C23H22N2O. The first kappa shape index (κ1) is 16.4. The van der Waals surface area contributed by atoms with Gasteiger partial charge in [-0.1, -0.05) is 43.3 Å². The van der Waals surface area contributed by atoms with Crippen LogP contribution in [0.25, 0.3) is 11.0 Å². The fourth-order valence-corrected chi connectivity index (χ4v) is 3.23. The number of nitrogens with zero attached hydrogens (tertiary/aromatic N) is 2. The summed E-state index contributed by atoms with van der Waals surface area (Å²) in [6.45, 7) is 5.03. The summed E-state index contributed by atoms with van der Waals surface area (Å²) < 4.78 is 8.24. The van der Waals surface area contributed by atoms with Crippen LogP contribution in [0, 0.1) is 6.92 Å². The van der Waals surface area contributed by atoms with Gasteiger partial charge in [0.2, 0.25) is 0 Å². The molecule has 3 nitrogen and oxygen atoms in total. The summed E-state index contributed by atoms with van der Waals surface area (Å²) in [5.74, 6) is 2.84. The lowest BCUT2D eigenvalue weighted by Crippen LogP contribution is -2.04. The summed E-state index contributed by atoms with van der Waals surface area (Å²) >= 11 is 0. The van der Waals surface area contributed by atoms with Gasteiger partial charge >= 0.3 is 0 Å². The fourth-order valence-electron chi connectivity index (χ4n) is 3.23. The van der Waals surface area contributed by atoms with E-state index < -0.39 is 0 Å². The van der Waals surface area contributed by atoms with E-state index in [2.05, 4.69) is 54.8 Å². The Morgan fingerprint density at radius 3 is 2.46 bits per heavy atom. The molecule has 0 fully saturated rings. The van der Waals surface area contributed by atoms with E-state index in [9.17, 15) is 0 Å². The molecule has 1 aromatic heterocycles. The number of fused-ring (bicyclic) bond motifs is 1. The lowest BCUT2D eigenvalue weighted by molar-refractivity contribution is 0.482. The van der Waals surface area contributed by atoms with E-state index in [4.69, 9.17) is 9.72 Å². The maximum Gasteiger partial charge on any atom is 0.127 e. The Morgan fingerprint density at radius 1 is 0.885 bits per heavy atom. The van der Waals surface area contributed by atoms with Gasteiger partial charge in [0.1, 0.15) is 17.3 Å². The first-order chi connectivity index (χ1) is 12.7. The van der Waals surface area contributed by atoms with Gasteiger partial charge < -0.3 is 9.30 Å². The van der Waals surface area contributed by atoms with Crippen LogP contribution in [0.1, 0.15) is 23.9 Å². The van der Waals surface area contributed by atoms with E-state index in [1.54, 1.807) is 0 Å². The van der Waals surface area contributed by atoms with Gasteiger partial charge in [-0.2, -0.15) is 0 Å². The minimum Gasteiger partial charge on any atom is -0.457 e. The highest BCUT2D eigenvalue weighted by atomic mass is 16.5. The highest BCUT2D eigenvalue weighted by Crippen LogP contribution is 2.24. The smallest absolute Gasteiger partial charge is 0.127 e. The summed E-state index contributed by atoms with van der Waals surface area (Å²) in [7, 11) is 0. The SMILES string of the molecule is CCc1nc2ccccc2n1Cc1ccc(Oc2cccc(C)c2)cc1. The zero-order valence-electron chi connectivity index (χ0n) is 15.1. The zero-order valence-corrected chi connectivity index (χ0v) is 15.1. The molecule has 0 radical (unpaired) electrons. The monoisotopic (exact) mass is 342 g/mol. The maximum atomic E-state index is 5.95.